The quantitative estimate of drug-likeness (QED) is 0.251. The van der Waals surface area contributed by atoms with Gasteiger partial charge in [0.1, 0.15) is 0 Å². The molecule has 0 radical (unpaired) electrons. The van der Waals surface area contributed by atoms with Gasteiger partial charge in [0.05, 0.1) is 33.1 Å². The van der Waals surface area contributed by atoms with Gasteiger partial charge in [-0.05, 0) is 92.4 Å². The molecule has 7 aromatic rings. The smallest absolute Gasteiger partial charge is 0.0972 e. The highest BCUT2D eigenvalue weighted by Gasteiger charge is 2.19. The van der Waals surface area contributed by atoms with E-state index in [0.29, 0.717) is 0 Å². The van der Waals surface area contributed by atoms with E-state index in [2.05, 4.69) is 128 Å². The standard InChI is InChI=1S/C33H27N3/c1-20-13-21(2)16-24(15-20)35-28-11-7-5-9-26(28)32-30(35)19-31-33(34-32)27-10-6-8-12-29(27)36(31)25-17-22(3)14-23(4)18-25/h5-19H,1-4H3. The van der Waals surface area contributed by atoms with Gasteiger partial charge in [-0.15, -0.1) is 0 Å². The van der Waals surface area contributed by atoms with E-state index < -0.39 is 0 Å². The second kappa shape index (κ2) is 7.56. The fourth-order valence-electron chi connectivity index (χ4n) is 5.94. The van der Waals surface area contributed by atoms with Crippen molar-refractivity contribution in [3.05, 3.63) is 113 Å². The molecule has 0 aliphatic carbocycles. The zero-order valence-corrected chi connectivity index (χ0v) is 21.0. The summed E-state index contributed by atoms with van der Waals surface area (Å²) in [6.07, 6.45) is 0. The largest absolute Gasteiger partial charge is 0.308 e. The first-order chi connectivity index (χ1) is 17.5. The highest BCUT2D eigenvalue weighted by molar-refractivity contribution is 6.15. The van der Waals surface area contributed by atoms with Crippen molar-refractivity contribution in [3.63, 3.8) is 0 Å². The van der Waals surface area contributed by atoms with Crippen LogP contribution in [0.15, 0.2) is 91.0 Å². The second-order valence-electron chi connectivity index (χ2n) is 10.1. The molecule has 0 fully saturated rings. The summed E-state index contributed by atoms with van der Waals surface area (Å²) in [5, 5.41) is 2.36. The van der Waals surface area contributed by atoms with E-state index in [4.69, 9.17) is 4.98 Å². The van der Waals surface area contributed by atoms with Crippen molar-refractivity contribution in [2.45, 2.75) is 27.7 Å². The Labute approximate surface area is 210 Å². The number of hydrogen-bond donors (Lipinski definition) is 0. The fraction of sp³-hybridized carbons (Fsp3) is 0.121. The third-order valence-electron chi connectivity index (χ3n) is 7.19. The molecule has 0 bridgehead atoms. The Morgan fingerprint density at radius 1 is 0.444 bits per heavy atom. The van der Waals surface area contributed by atoms with Crippen molar-refractivity contribution in [3.8, 4) is 11.4 Å². The highest BCUT2D eigenvalue weighted by Crippen LogP contribution is 2.38. The van der Waals surface area contributed by atoms with Gasteiger partial charge in [-0.3, -0.25) is 0 Å². The lowest BCUT2D eigenvalue weighted by Crippen LogP contribution is -1.98. The van der Waals surface area contributed by atoms with Crippen molar-refractivity contribution >= 4 is 43.9 Å². The molecule has 174 valence electrons. The number of nitrogens with zero attached hydrogens (tertiary/aromatic N) is 3. The molecule has 0 atom stereocenters. The first-order valence-electron chi connectivity index (χ1n) is 12.5. The molecule has 7 rings (SSSR count). The summed E-state index contributed by atoms with van der Waals surface area (Å²) in [5.41, 5.74) is 14.1. The lowest BCUT2D eigenvalue weighted by atomic mass is 10.1. The third kappa shape index (κ3) is 3.02. The molecule has 3 nitrogen and oxygen atoms in total. The van der Waals surface area contributed by atoms with Gasteiger partial charge in [0.25, 0.3) is 0 Å². The normalized spacial score (nSPS) is 11.9. The van der Waals surface area contributed by atoms with Gasteiger partial charge in [-0.1, -0.05) is 48.5 Å². The molecule has 36 heavy (non-hydrogen) atoms. The highest BCUT2D eigenvalue weighted by atomic mass is 15.0. The summed E-state index contributed by atoms with van der Waals surface area (Å²) < 4.78 is 4.75. The van der Waals surface area contributed by atoms with Crippen LogP contribution in [0, 0.1) is 27.7 Å². The van der Waals surface area contributed by atoms with Gasteiger partial charge in [0.15, 0.2) is 0 Å². The maximum absolute atomic E-state index is 5.37. The van der Waals surface area contributed by atoms with Crippen LogP contribution < -0.4 is 0 Å². The predicted molar refractivity (Wildman–Crippen MR) is 152 cm³/mol. The van der Waals surface area contributed by atoms with Gasteiger partial charge in [-0.25, -0.2) is 4.98 Å². The summed E-state index contributed by atoms with van der Waals surface area (Å²) in [4.78, 5) is 5.37. The monoisotopic (exact) mass is 465 g/mol. The topological polar surface area (TPSA) is 22.8 Å². The minimum atomic E-state index is 1.04. The van der Waals surface area contributed by atoms with Gasteiger partial charge in [0.2, 0.25) is 0 Å². The Balaban J connectivity index is 1.69. The summed E-state index contributed by atoms with van der Waals surface area (Å²) in [5.74, 6) is 0. The molecular weight excluding hydrogens is 438 g/mol. The van der Waals surface area contributed by atoms with E-state index in [0.717, 1.165) is 22.1 Å². The number of pyridine rings is 1. The van der Waals surface area contributed by atoms with Crippen LogP contribution in [0.1, 0.15) is 22.3 Å². The van der Waals surface area contributed by atoms with Crippen LogP contribution in [0.5, 0.6) is 0 Å². The minimum absolute atomic E-state index is 1.04. The average Bonchev–Trinajstić information content (AvgIpc) is 3.34. The van der Waals surface area contributed by atoms with Crippen molar-refractivity contribution < 1.29 is 0 Å². The Morgan fingerprint density at radius 2 is 0.833 bits per heavy atom. The van der Waals surface area contributed by atoms with Crippen LogP contribution in [0.4, 0.5) is 0 Å². The molecule has 0 spiro atoms. The van der Waals surface area contributed by atoms with Crippen molar-refractivity contribution in [2.75, 3.05) is 0 Å². The number of aryl methyl sites for hydroxylation is 4. The first-order valence-corrected chi connectivity index (χ1v) is 12.5. The lowest BCUT2D eigenvalue weighted by Gasteiger charge is -2.12. The summed E-state index contributed by atoms with van der Waals surface area (Å²) in [7, 11) is 0. The van der Waals surface area contributed by atoms with Gasteiger partial charge in [0, 0.05) is 22.1 Å². The lowest BCUT2D eigenvalue weighted by molar-refractivity contribution is 1.14. The van der Waals surface area contributed by atoms with E-state index >= 15 is 0 Å². The molecule has 0 N–H and O–H groups in total. The molecule has 0 unspecified atom stereocenters. The van der Waals surface area contributed by atoms with E-state index in [-0.39, 0.29) is 0 Å². The number of para-hydroxylation sites is 2. The SMILES string of the molecule is Cc1cc(C)cc(-n2c3ccccc3c3nc4c5ccccc5n(-c5cc(C)cc(C)c5)c4cc32)c1. The van der Waals surface area contributed by atoms with Crippen molar-refractivity contribution in [1.29, 1.82) is 0 Å². The minimum Gasteiger partial charge on any atom is -0.308 e. The summed E-state index contributed by atoms with van der Waals surface area (Å²) >= 11 is 0. The molecule has 0 aliphatic heterocycles. The fourth-order valence-corrected chi connectivity index (χ4v) is 5.94. The van der Waals surface area contributed by atoms with Crippen LogP contribution in [0.3, 0.4) is 0 Å². The second-order valence-corrected chi connectivity index (χ2v) is 10.1. The van der Waals surface area contributed by atoms with Crippen LogP contribution in [0.2, 0.25) is 0 Å². The van der Waals surface area contributed by atoms with E-state index in [1.54, 1.807) is 0 Å². The van der Waals surface area contributed by atoms with Crippen molar-refractivity contribution in [1.82, 2.24) is 14.1 Å². The molecule has 0 saturated heterocycles. The summed E-state index contributed by atoms with van der Waals surface area (Å²) in [6.45, 7) is 8.66. The van der Waals surface area contributed by atoms with Gasteiger partial charge >= 0.3 is 0 Å². The number of benzene rings is 4. The van der Waals surface area contributed by atoms with E-state index in [1.807, 2.05) is 0 Å². The number of aromatic nitrogens is 3. The van der Waals surface area contributed by atoms with E-state index in [1.165, 1.54) is 55.4 Å². The molecule has 4 aromatic carbocycles. The summed E-state index contributed by atoms with van der Waals surface area (Å²) in [6, 6.07) is 33.1. The van der Waals surface area contributed by atoms with Crippen LogP contribution in [0.25, 0.3) is 55.2 Å². The number of hydrogen-bond acceptors (Lipinski definition) is 1. The molecular formula is C33H27N3. The molecule has 3 aromatic heterocycles. The number of rotatable bonds is 2. The van der Waals surface area contributed by atoms with Crippen LogP contribution in [-0.4, -0.2) is 14.1 Å². The molecule has 0 aliphatic rings. The maximum Gasteiger partial charge on any atom is 0.0972 e. The number of fused-ring (bicyclic) bond motifs is 6. The zero-order chi connectivity index (χ0) is 24.6. The van der Waals surface area contributed by atoms with Gasteiger partial charge in [-0.2, -0.15) is 0 Å². The van der Waals surface area contributed by atoms with E-state index in [9.17, 15) is 0 Å². The van der Waals surface area contributed by atoms with Crippen molar-refractivity contribution in [2.24, 2.45) is 0 Å². The Morgan fingerprint density at radius 3 is 1.25 bits per heavy atom. The third-order valence-corrected chi connectivity index (χ3v) is 7.19. The molecule has 3 heterocycles. The Hall–Kier alpha value is -4.37. The predicted octanol–water partition coefficient (Wildman–Crippen LogP) is 8.51. The maximum atomic E-state index is 5.37. The Kier molecular flexibility index (Phi) is 4.40. The Bertz CT molecular complexity index is 1800. The molecule has 3 heteroatoms. The molecule has 0 saturated carbocycles. The molecule has 0 amide bonds. The average molecular weight is 466 g/mol. The van der Waals surface area contributed by atoms with Gasteiger partial charge < -0.3 is 9.13 Å². The van der Waals surface area contributed by atoms with Crippen LogP contribution >= 0.6 is 0 Å². The first kappa shape index (κ1) is 21.0. The zero-order valence-electron chi connectivity index (χ0n) is 21.0. The van der Waals surface area contributed by atoms with Crippen LogP contribution in [-0.2, 0) is 0 Å².